The topological polar surface area (TPSA) is 50.8 Å². The quantitative estimate of drug-likeness (QED) is 0.820. The lowest BCUT2D eigenvalue weighted by molar-refractivity contribution is -0.137. The fourth-order valence-electron chi connectivity index (χ4n) is 3.20. The van der Waals surface area contributed by atoms with Crippen LogP contribution in [-0.2, 0) is 4.79 Å². The third-order valence-corrected chi connectivity index (χ3v) is 4.19. The van der Waals surface area contributed by atoms with Gasteiger partial charge in [0.25, 0.3) is 0 Å². The molecule has 0 aliphatic carbocycles. The number of ether oxygens (including phenoxy) is 2. The van der Waals surface area contributed by atoms with Crippen LogP contribution in [0.5, 0.6) is 11.5 Å². The lowest BCUT2D eigenvalue weighted by Gasteiger charge is -2.35. The number of carbonyl (C=O) groups is 1. The molecule has 5 heteroatoms. The van der Waals surface area contributed by atoms with Crippen LogP contribution < -0.4 is 14.8 Å². The first-order valence-electron chi connectivity index (χ1n) is 6.76. The van der Waals surface area contributed by atoms with Crippen molar-refractivity contribution in [1.82, 2.24) is 10.2 Å². The maximum Gasteiger partial charge on any atom is 0.244 e. The van der Waals surface area contributed by atoms with E-state index in [9.17, 15) is 4.79 Å². The van der Waals surface area contributed by atoms with Crippen LogP contribution in [0.1, 0.15) is 24.4 Å². The standard InChI is InChI=1S/C14H16N2O3/c17-14-13(15-7-10-2-1-5-16(10)14)9-3-4-11-12(6-9)19-8-18-11/h3-4,6,10,13,15H,1-2,5,7-8H2. The largest absolute Gasteiger partial charge is 0.454 e. The number of nitrogens with zero attached hydrogens (tertiary/aromatic N) is 1. The molecule has 0 aromatic heterocycles. The minimum Gasteiger partial charge on any atom is -0.454 e. The average molecular weight is 260 g/mol. The van der Waals surface area contributed by atoms with Gasteiger partial charge in [0, 0.05) is 19.1 Å². The van der Waals surface area contributed by atoms with Gasteiger partial charge in [-0.25, -0.2) is 0 Å². The minimum atomic E-state index is -0.246. The van der Waals surface area contributed by atoms with E-state index in [1.807, 2.05) is 23.1 Å². The van der Waals surface area contributed by atoms with Crippen LogP contribution in [0.25, 0.3) is 0 Å². The van der Waals surface area contributed by atoms with Crippen LogP contribution in [0.15, 0.2) is 18.2 Å². The van der Waals surface area contributed by atoms with Crippen molar-refractivity contribution in [3.63, 3.8) is 0 Å². The molecule has 2 saturated heterocycles. The number of hydrogen-bond acceptors (Lipinski definition) is 4. The predicted molar refractivity (Wildman–Crippen MR) is 68.0 cm³/mol. The van der Waals surface area contributed by atoms with Crippen LogP contribution in [0, 0.1) is 0 Å². The van der Waals surface area contributed by atoms with Crippen molar-refractivity contribution in [1.29, 1.82) is 0 Å². The van der Waals surface area contributed by atoms with E-state index in [-0.39, 0.29) is 18.7 Å². The number of benzene rings is 1. The van der Waals surface area contributed by atoms with Crippen molar-refractivity contribution in [2.24, 2.45) is 0 Å². The maximum atomic E-state index is 12.5. The molecule has 1 N–H and O–H groups in total. The first-order chi connectivity index (χ1) is 9.33. The molecule has 1 aromatic carbocycles. The Balaban J connectivity index is 1.63. The van der Waals surface area contributed by atoms with Gasteiger partial charge in [-0.2, -0.15) is 0 Å². The number of amides is 1. The highest BCUT2D eigenvalue weighted by molar-refractivity contribution is 5.85. The summed E-state index contributed by atoms with van der Waals surface area (Å²) in [6.45, 7) is 2.04. The van der Waals surface area contributed by atoms with E-state index in [0.717, 1.165) is 43.0 Å². The summed E-state index contributed by atoms with van der Waals surface area (Å²) in [6.07, 6.45) is 2.23. The fourth-order valence-corrected chi connectivity index (χ4v) is 3.20. The van der Waals surface area contributed by atoms with E-state index in [4.69, 9.17) is 9.47 Å². The van der Waals surface area contributed by atoms with Gasteiger partial charge in [-0.15, -0.1) is 0 Å². The molecule has 0 bridgehead atoms. The van der Waals surface area contributed by atoms with Gasteiger partial charge in [-0.1, -0.05) is 6.07 Å². The molecule has 2 unspecified atom stereocenters. The summed E-state index contributed by atoms with van der Waals surface area (Å²) >= 11 is 0. The molecule has 100 valence electrons. The second-order valence-electron chi connectivity index (χ2n) is 5.28. The summed E-state index contributed by atoms with van der Waals surface area (Å²) in [5, 5.41) is 3.36. The Morgan fingerprint density at radius 1 is 1.26 bits per heavy atom. The van der Waals surface area contributed by atoms with Crippen molar-refractivity contribution in [3.05, 3.63) is 23.8 Å². The second kappa shape index (κ2) is 4.13. The Morgan fingerprint density at radius 3 is 3.11 bits per heavy atom. The summed E-state index contributed by atoms with van der Waals surface area (Å²) in [5.41, 5.74) is 0.958. The molecule has 3 aliphatic rings. The Morgan fingerprint density at radius 2 is 2.16 bits per heavy atom. The molecular formula is C14H16N2O3. The molecule has 4 rings (SSSR count). The van der Waals surface area contributed by atoms with Crippen molar-refractivity contribution in [2.75, 3.05) is 19.9 Å². The third-order valence-electron chi connectivity index (χ3n) is 4.19. The van der Waals surface area contributed by atoms with Gasteiger partial charge in [0.1, 0.15) is 6.04 Å². The lowest BCUT2D eigenvalue weighted by atomic mass is 10.0. The van der Waals surface area contributed by atoms with Gasteiger partial charge >= 0.3 is 0 Å². The van der Waals surface area contributed by atoms with E-state index in [2.05, 4.69) is 5.32 Å². The molecule has 1 amide bonds. The highest BCUT2D eigenvalue weighted by Crippen LogP contribution is 2.36. The van der Waals surface area contributed by atoms with Gasteiger partial charge in [-0.3, -0.25) is 4.79 Å². The molecular weight excluding hydrogens is 244 g/mol. The lowest BCUT2D eigenvalue weighted by Crippen LogP contribution is -2.53. The van der Waals surface area contributed by atoms with Gasteiger partial charge in [0.2, 0.25) is 12.7 Å². The summed E-state index contributed by atoms with van der Waals surface area (Å²) < 4.78 is 10.7. The number of hydrogen-bond donors (Lipinski definition) is 1. The molecule has 2 fully saturated rings. The molecule has 1 aromatic rings. The van der Waals surface area contributed by atoms with E-state index in [1.54, 1.807) is 0 Å². The molecule has 5 nitrogen and oxygen atoms in total. The van der Waals surface area contributed by atoms with E-state index >= 15 is 0 Å². The zero-order valence-electron chi connectivity index (χ0n) is 10.6. The first-order valence-corrected chi connectivity index (χ1v) is 6.76. The van der Waals surface area contributed by atoms with Crippen LogP contribution in [0.4, 0.5) is 0 Å². The summed E-state index contributed by atoms with van der Waals surface area (Å²) in [7, 11) is 0. The van der Waals surface area contributed by atoms with E-state index in [1.165, 1.54) is 0 Å². The molecule has 0 spiro atoms. The predicted octanol–water partition coefficient (Wildman–Crippen LogP) is 1.05. The Kier molecular flexibility index (Phi) is 2.41. The number of carbonyl (C=O) groups excluding carboxylic acids is 1. The third kappa shape index (κ3) is 1.69. The van der Waals surface area contributed by atoms with Gasteiger partial charge in [-0.05, 0) is 30.5 Å². The van der Waals surface area contributed by atoms with Crippen molar-refractivity contribution >= 4 is 5.91 Å². The SMILES string of the molecule is O=C1C(c2ccc3c(c2)OCO3)NCC2CCCN12. The number of nitrogens with one attached hydrogen (secondary N) is 1. The van der Waals surface area contributed by atoms with Gasteiger partial charge in [0.05, 0.1) is 0 Å². The first kappa shape index (κ1) is 11.1. The summed E-state index contributed by atoms with van der Waals surface area (Å²) in [5.74, 6) is 1.68. The molecule has 3 heterocycles. The second-order valence-corrected chi connectivity index (χ2v) is 5.28. The Hall–Kier alpha value is -1.75. The number of piperazine rings is 1. The van der Waals surface area contributed by atoms with E-state index < -0.39 is 0 Å². The van der Waals surface area contributed by atoms with Gasteiger partial charge < -0.3 is 19.7 Å². The Bertz CT molecular complexity index is 531. The normalized spacial score (nSPS) is 28.6. The molecule has 0 saturated carbocycles. The summed E-state index contributed by atoms with van der Waals surface area (Å²) in [6, 6.07) is 5.87. The molecule has 3 aliphatic heterocycles. The number of fused-ring (bicyclic) bond motifs is 2. The van der Waals surface area contributed by atoms with Crippen LogP contribution >= 0.6 is 0 Å². The van der Waals surface area contributed by atoms with Gasteiger partial charge in [0.15, 0.2) is 11.5 Å². The highest BCUT2D eigenvalue weighted by atomic mass is 16.7. The Labute approximate surface area is 111 Å². The number of rotatable bonds is 1. The average Bonchev–Trinajstić information content (AvgIpc) is 3.07. The fraction of sp³-hybridized carbons (Fsp3) is 0.500. The summed E-state index contributed by atoms with van der Waals surface area (Å²) in [4.78, 5) is 14.5. The zero-order chi connectivity index (χ0) is 12.8. The molecule has 0 radical (unpaired) electrons. The van der Waals surface area contributed by atoms with Crippen molar-refractivity contribution in [3.8, 4) is 11.5 Å². The van der Waals surface area contributed by atoms with Crippen molar-refractivity contribution < 1.29 is 14.3 Å². The van der Waals surface area contributed by atoms with Crippen molar-refractivity contribution in [2.45, 2.75) is 24.9 Å². The highest BCUT2D eigenvalue weighted by Gasteiger charge is 2.38. The smallest absolute Gasteiger partial charge is 0.244 e. The molecule has 2 atom stereocenters. The maximum absolute atomic E-state index is 12.5. The van der Waals surface area contributed by atoms with Crippen LogP contribution in [0.2, 0.25) is 0 Å². The van der Waals surface area contributed by atoms with E-state index in [0.29, 0.717) is 6.04 Å². The molecule has 19 heavy (non-hydrogen) atoms. The minimum absolute atomic E-state index is 0.188. The van der Waals surface area contributed by atoms with Crippen LogP contribution in [-0.4, -0.2) is 36.7 Å². The van der Waals surface area contributed by atoms with Crippen LogP contribution in [0.3, 0.4) is 0 Å². The monoisotopic (exact) mass is 260 g/mol. The zero-order valence-corrected chi connectivity index (χ0v) is 10.6.